The number of rotatable bonds is 6. The van der Waals surface area contributed by atoms with Gasteiger partial charge < -0.3 is 5.11 Å². The zero-order chi connectivity index (χ0) is 14.6. The molecule has 0 aliphatic carbocycles. The maximum absolute atomic E-state index is 12.1. The number of carboxylic acid groups (broad SMARTS) is 1. The molecule has 0 aromatic heterocycles. The summed E-state index contributed by atoms with van der Waals surface area (Å²) in [7, 11) is -3.75. The van der Waals surface area contributed by atoms with Crippen LogP contribution in [-0.2, 0) is 10.0 Å². The van der Waals surface area contributed by atoms with Crippen LogP contribution in [0.25, 0.3) is 0 Å². The van der Waals surface area contributed by atoms with E-state index in [1.165, 1.54) is 6.07 Å². The second-order valence-corrected chi connectivity index (χ2v) is 6.41. The van der Waals surface area contributed by atoms with Gasteiger partial charge >= 0.3 is 5.97 Å². The third-order valence-corrected chi connectivity index (χ3v) is 5.20. The molecule has 104 valence electrons. The Morgan fingerprint density at radius 1 is 1.53 bits per heavy atom. The van der Waals surface area contributed by atoms with Crippen molar-refractivity contribution in [3.63, 3.8) is 0 Å². The number of hydrogen-bond donors (Lipinski definition) is 2. The topological polar surface area (TPSA) is 83.5 Å². The number of aromatic carboxylic acids is 1. The van der Waals surface area contributed by atoms with Gasteiger partial charge in [0, 0.05) is 11.0 Å². The highest BCUT2D eigenvalue weighted by Crippen LogP contribution is 2.27. The summed E-state index contributed by atoms with van der Waals surface area (Å²) in [4.78, 5) is 10.9. The van der Waals surface area contributed by atoms with Gasteiger partial charge in [0.05, 0.1) is 10.5 Å². The Labute approximate surface area is 120 Å². The maximum atomic E-state index is 12.1. The molecule has 0 aliphatic rings. The van der Waals surface area contributed by atoms with Crippen molar-refractivity contribution in [2.45, 2.75) is 18.2 Å². The molecule has 0 heterocycles. The lowest BCUT2D eigenvalue weighted by molar-refractivity contribution is 0.0696. The first-order valence-electron chi connectivity index (χ1n) is 5.43. The van der Waals surface area contributed by atoms with Crippen LogP contribution in [0, 0.1) is 6.92 Å². The fourth-order valence-electron chi connectivity index (χ4n) is 1.43. The monoisotopic (exact) mass is 347 g/mol. The van der Waals surface area contributed by atoms with Crippen molar-refractivity contribution < 1.29 is 18.3 Å². The minimum absolute atomic E-state index is 0.0650. The fourth-order valence-corrected chi connectivity index (χ4v) is 3.52. The molecular formula is C12H14BrNO4S. The van der Waals surface area contributed by atoms with E-state index in [0.29, 0.717) is 16.5 Å². The zero-order valence-electron chi connectivity index (χ0n) is 10.3. The summed E-state index contributed by atoms with van der Waals surface area (Å²) in [6, 6.07) is 2.55. The number of sulfonamides is 1. The number of carboxylic acids is 1. The van der Waals surface area contributed by atoms with E-state index in [-0.39, 0.29) is 17.0 Å². The minimum Gasteiger partial charge on any atom is -0.478 e. The van der Waals surface area contributed by atoms with Crippen LogP contribution in [-0.4, -0.2) is 26.0 Å². The van der Waals surface area contributed by atoms with Gasteiger partial charge in [-0.15, -0.1) is 6.58 Å². The Kier molecular flexibility index (Phi) is 5.28. The molecule has 7 heteroatoms. The molecular weight excluding hydrogens is 334 g/mol. The Balaban J connectivity index is 3.25. The van der Waals surface area contributed by atoms with E-state index in [1.54, 1.807) is 13.0 Å². The van der Waals surface area contributed by atoms with Gasteiger partial charge in [-0.05, 0) is 47.0 Å². The van der Waals surface area contributed by atoms with Crippen LogP contribution in [0.1, 0.15) is 22.3 Å². The predicted octanol–water partition coefficient (Wildman–Crippen LogP) is 2.31. The highest BCUT2D eigenvalue weighted by Gasteiger charge is 2.21. The Morgan fingerprint density at radius 3 is 2.68 bits per heavy atom. The van der Waals surface area contributed by atoms with Crippen LogP contribution in [0.3, 0.4) is 0 Å². The smallest absolute Gasteiger partial charge is 0.335 e. The molecule has 1 rings (SSSR count). The summed E-state index contributed by atoms with van der Waals surface area (Å²) < 4.78 is 26.9. The SMILES string of the molecule is C=CCCNS(=O)(=O)c1cc(C(=O)O)cc(C)c1Br. The average Bonchev–Trinajstić information content (AvgIpc) is 2.32. The first kappa shape index (κ1) is 15.9. The van der Waals surface area contributed by atoms with Crippen molar-refractivity contribution in [3.05, 3.63) is 40.4 Å². The Hall–Kier alpha value is -1.18. The molecule has 0 spiro atoms. The van der Waals surface area contributed by atoms with Crippen molar-refractivity contribution in [3.8, 4) is 0 Å². The number of carbonyl (C=O) groups is 1. The number of nitrogens with one attached hydrogen (secondary N) is 1. The second-order valence-electron chi connectivity index (χ2n) is 3.89. The van der Waals surface area contributed by atoms with Gasteiger partial charge in [0.25, 0.3) is 0 Å². The highest BCUT2D eigenvalue weighted by molar-refractivity contribution is 9.10. The standard InChI is InChI=1S/C12H14BrNO4S/c1-3-4-5-14-19(17,18)10-7-9(12(15)16)6-8(2)11(10)13/h3,6-7,14H,1,4-5H2,2H3,(H,15,16). The zero-order valence-corrected chi connectivity index (χ0v) is 12.7. The molecule has 0 fully saturated rings. The molecule has 19 heavy (non-hydrogen) atoms. The van der Waals surface area contributed by atoms with E-state index < -0.39 is 16.0 Å². The van der Waals surface area contributed by atoms with E-state index in [1.807, 2.05) is 0 Å². The van der Waals surface area contributed by atoms with Gasteiger partial charge in [-0.2, -0.15) is 0 Å². The minimum atomic E-state index is -3.75. The lowest BCUT2D eigenvalue weighted by atomic mass is 10.1. The van der Waals surface area contributed by atoms with Crippen molar-refractivity contribution >= 4 is 31.9 Å². The maximum Gasteiger partial charge on any atom is 0.335 e. The van der Waals surface area contributed by atoms with E-state index in [0.717, 1.165) is 6.07 Å². The van der Waals surface area contributed by atoms with Crippen molar-refractivity contribution in [2.75, 3.05) is 6.54 Å². The fraction of sp³-hybridized carbons (Fsp3) is 0.250. The van der Waals surface area contributed by atoms with Crippen molar-refractivity contribution in [2.24, 2.45) is 0 Å². The molecule has 0 atom stereocenters. The van der Waals surface area contributed by atoms with E-state index in [2.05, 4.69) is 27.2 Å². The normalized spacial score (nSPS) is 11.3. The summed E-state index contributed by atoms with van der Waals surface area (Å²) in [6.07, 6.45) is 2.09. The molecule has 1 aromatic carbocycles. The summed E-state index contributed by atoms with van der Waals surface area (Å²) >= 11 is 3.18. The molecule has 5 nitrogen and oxygen atoms in total. The lowest BCUT2D eigenvalue weighted by Gasteiger charge is -2.10. The first-order chi connectivity index (χ1) is 8.79. The molecule has 1 aromatic rings. The van der Waals surface area contributed by atoms with Crippen molar-refractivity contribution in [1.29, 1.82) is 0 Å². The van der Waals surface area contributed by atoms with Gasteiger partial charge in [0.2, 0.25) is 10.0 Å². The Bertz CT molecular complexity index is 610. The summed E-state index contributed by atoms with van der Waals surface area (Å²) in [5.41, 5.74) is 0.480. The Morgan fingerprint density at radius 2 is 2.16 bits per heavy atom. The summed E-state index contributed by atoms with van der Waals surface area (Å²) in [6.45, 7) is 5.36. The van der Waals surface area contributed by atoms with E-state index in [4.69, 9.17) is 5.11 Å². The van der Waals surface area contributed by atoms with Gasteiger partial charge in [0.1, 0.15) is 0 Å². The third kappa shape index (κ3) is 3.89. The number of hydrogen-bond acceptors (Lipinski definition) is 3. The molecule has 0 radical (unpaired) electrons. The first-order valence-corrected chi connectivity index (χ1v) is 7.71. The molecule has 2 N–H and O–H groups in total. The third-order valence-electron chi connectivity index (χ3n) is 2.40. The van der Waals surface area contributed by atoms with Crippen LogP contribution in [0.5, 0.6) is 0 Å². The second kappa shape index (κ2) is 6.31. The largest absolute Gasteiger partial charge is 0.478 e. The number of halogens is 1. The van der Waals surface area contributed by atoms with Gasteiger partial charge in [0.15, 0.2) is 0 Å². The van der Waals surface area contributed by atoms with Crippen molar-refractivity contribution in [1.82, 2.24) is 4.72 Å². The van der Waals surface area contributed by atoms with Crippen LogP contribution >= 0.6 is 15.9 Å². The summed E-state index contributed by atoms with van der Waals surface area (Å²) in [5, 5.41) is 8.96. The van der Waals surface area contributed by atoms with E-state index >= 15 is 0 Å². The van der Waals surface area contributed by atoms with Gasteiger partial charge in [-0.1, -0.05) is 6.08 Å². The number of benzene rings is 1. The molecule has 0 saturated carbocycles. The quantitative estimate of drug-likeness (QED) is 0.610. The molecule has 0 bridgehead atoms. The summed E-state index contributed by atoms with van der Waals surface area (Å²) in [5.74, 6) is -1.17. The van der Waals surface area contributed by atoms with Crippen LogP contribution in [0.4, 0.5) is 0 Å². The average molecular weight is 348 g/mol. The van der Waals surface area contributed by atoms with Crippen LogP contribution in [0.15, 0.2) is 34.2 Å². The highest BCUT2D eigenvalue weighted by atomic mass is 79.9. The lowest BCUT2D eigenvalue weighted by Crippen LogP contribution is -2.25. The van der Waals surface area contributed by atoms with Gasteiger partial charge in [-0.3, -0.25) is 0 Å². The predicted molar refractivity (Wildman–Crippen MR) is 75.8 cm³/mol. The molecule has 0 amide bonds. The molecule has 0 aliphatic heterocycles. The van der Waals surface area contributed by atoms with Crippen LogP contribution in [0.2, 0.25) is 0 Å². The van der Waals surface area contributed by atoms with E-state index in [9.17, 15) is 13.2 Å². The van der Waals surface area contributed by atoms with Crippen LogP contribution < -0.4 is 4.72 Å². The van der Waals surface area contributed by atoms with Gasteiger partial charge in [-0.25, -0.2) is 17.9 Å². The number of aryl methyl sites for hydroxylation is 1. The molecule has 0 unspecified atom stereocenters. The molecule has 0 saturated heterocycles.